The van der Waals surface area contributed by atoms with E-state index in [0.717, 1.165) is 5.56 Å². The average Bonchev–Trinajstić information content (AvgIpc) is 2.64. The summed E-state index contributed by atoms with van der Waals surface area (Å²) in [6, 6.07) is 10.2. The summed E-state index contributed by atoms with van der Waals surface area (Å²) < 4.78 is 17.0. The van der Waals surface area contributed by atoms with E-state index >= 15 is 0 Å². The predicted molar refractivity (Wildman–Crippen MR) is 116 cm³/mol. The Bertz CT molecular complexity index is 856. The van der Waals surface area contributed by atoms with Gasteiger partial charge in [-0.3, -0.25) is 5.43 Å². The van der Waals surface area contributed by atoms with Gasteiger partial charge in [0.2, 0.25) is 0 Å². The topological polar surface area (TPSA) is 95.2 Å². The monoisotopic (exact) mass is 499 g/mol. The fraction of sp³-hybridized carbons (Fsp3) is 0.167. The Balaban J connectivity index is 2.27. The van der Waals surface area contributed by atoms with Gasteiger partial charge >= 0.3 is 5.97 Å². The molecule has 0 atom stereocenters. The quantitative estimate of drug-likeness (QED) is 0.151. The molecule has 0 bridgehead atoms. The molecule has 0 amide bonds. The molecular weight excluding hydrogens is 481 g/mol. The number of carbonyl (C=O) groups excluding carboxylic acids is 1. The summed E-state index contributed by atoms with van der Waals surface area (Å²) in [6.07, 6.45) is 1.54. The van der Waals surface area contributed by atoms with Crippen molar-refractivity contribution < 1.29 is 19.0 Å². The van der Waals surface area contributed by atoms with Gasteiger partial charge < -0.3 is 19.9 Å². The number of benzene rings is 2. The van der Waals surface area contributed by atoms with Crippen LogP contribution in [0.5, 0.6) is 17.2 Å². The summed E-state index contributed by atoms with van der Waals surface area (Å²) in [5.41, 5.74) is 8.95. The van der Waals surface area contributed by atoms with Gasteiger partial charge in [0.15, 0.2) is 16.6 Å². The third-order valence-electron chi connectivity index (χ3n) is 3.24. The van der Waals surface area contributed by atoms with Crippen molar-refractivity contribution in [3.05, 3.63) is 51.1 Å². The van der Waals surface area contributed by atoms with Crippen molar-refractivity contribution in [1.29, 1.82) is 0 Å². The van der Waals surface area contributed by atoms with E-state index in [9.17, 15) is 4.79 Å². The molecule has 0 saturated heterocycles. The number of methoxy groups -OCH3 is 1. The minimum atomic E-state index is -0.493. The Morgan fingerprint density at radius 3 is 2.63 bits per heavy atom. The van der Waals surface area contributed by atoms with Gasteiger partial charge in [0, 0.05) is 0 Å². The highest BCUT2D eigenvalue weighted by Gasteiger charge is 2.17. The molecule has 0 fully saturated rings. The number of ether oxygens (including phenoxy) is 3. The molecule has 7 nitrogen and oxygen atoms in total. The second kappa shape index (κ2) is 10.1. The summed E-state index contributed by atoms with van der Waals surface area (Å²) in [7, 11) is 1.56. The van der Waals surface area contributed by atoms with Crippen LogP contribution in [0.25, 0.3) is 0 Å². The molecule has 0 aliphatic carbocycles. The lowest BCUT2D eigenvalue weighted by Gasteiger charge is -2.13. The van der Waals surface area contributed by atoms with Crippen molar-refractivity contribution in [1.82, 2.24) is 5.43 Å². The van der Waals surface area contributed by atoms with Crippen molar-refractivity contribution in [2.75, 3.05) is 13.7 Å². The van der Waals surface area contributed by atoms with Gasteiger partial charge in [-0.05, 0) is 83.7 Å². The first-order valence-corrected chi connectivity index (χ1v) is 9.34. The molecule has 27 heavy (non-hydrogen) atoms. The van der Waals surface area contributed by atoms with Crippen LogP contribution in [0.3, 0.4) is 0 Å². The van der Waals surface area contributed by atoms with Crippen LogP contribution in [0.1, 0.15) is 22.8 Å². The minimum absolute atomic E-state index is 0.0658. The molecule has 0 saturated carbocycles. The zero-order chi connectivity index (χ0) is 19.8. The molecule has 0 aliphatic rings. The highest BCUT2D eigenvalue weighted by Crippen LogP contribution is 2.34. The smallest absolute Gasteiger partial charge is 0.343 e. The Hall–Kier alpha value is -2.40. The zero-order valence-electron chi connectivity index (χ0n) is 14.7. The van der Waals surface area contributed by atoms with Gasteiger partial charge in [-0.1, -0.05) is 0 Å². The standard InChI is InChI=1S/C18H18IN3O4S/c1-3-25-15-9-11(10-21-22-18(20)27)8-14(19)16(15)26-17(23)12-4-6-13(24-2)7-5-12/h4-10H,3H2,1-2H3,(H3,20,22,27). The number of nitrogens with two attached hydrogens (primary N) is 1. The number of hydrogen-bond donors (Lipinski definition) is 2. The number of nitrogens with one attached hydrogen (secondary N) is 1. The molecule has 3 N–H and O–H groups in total. The van der Waals surface area contributed by atoms with E-state index in [1.807, 2.05) is 6.92 Å². The van der Waals surface area contributed by atoms with Crippen LogP contribution in [0, 0.1) is 3.57 Å². The summed E-state index contributed by atoms with van der Waals surface area (Å²) in [4.78, 5) is 12.5. The maximum atomic E-state index is 12.5. The normalized spacial score (nSPS) is 10.5. The maximum Gasteiger partial charge on any atom is 0.343 e. The van der Waals surface area contributed by atoms with Crippen molar-refractivity contribution in [3.8, 4) is 17.2 Å². The highest BCUT2D eigenvalue weighted by atomic mass is 127. The molecule has 0 aliphatic heterocycles. The van der Waals surface area contributed by atoms with Crippen LogP contribution >= 0.6 is 34.8 Å². The molecule has 9 heteroatoms. The van der Waals surface area contributed by atoms with Crippen LogP contribution in [0.15, 0.2) is 41.5 Å². The first-order chi connectivity index (χ1) is 12.9. The third kappa shape index (κ3) is 6.07. The number of carbonyl (C=O) groups is 1. The van der Waals surface area contributed by atoms with Crippen molar-refractivity contribution in [2.24, 2.45) is 10.8 Å². The fourth-order valence-electron chi connectivity index (χ4n) is 2.07. The number of halogens is 1. The van der Waals surface area contributed by atoms with Crippen LogP contribution in [-0.4, -0.2) is 31.0 Å². The first-order valence-electron chi connectivity index (χ1n) is 7.85. The van der Waals surface area contributed by atoms with Crippen molar-refractivity contribution in [2.45, 2.75) is 6.92 Å². The van der Waals surface area contributed by atoms with Gasteiger partial charge in [0.05, 0.1) is 29.1 Å². The lowest BCUT2D eigenvalue weighted by molar-refractivity contribution is 0.0727. The van der Waals surface area contributed by atoms with Gasteiger partial charge in [-0.25, -0.2) is 4.79 Å². The highest BCUT2D eigenvalue weighted by molar-refractivity contribution is 14.1. The summed E-state index contributed by atoms with van der Waals surface area (Å²) in [5.74, 6) is 0.944. The van der Waals surface area contributed by atoms with E-state index in [4.69, 9.17) is 32.2 Å². The fourth-order valence-corrected chi connectivity index (χ4v) is 2.86. The number of nitrogens with zero attached hydrogens (tertiary/aromatic N) is 1. The molecule has 0 radical (unpaired) electrons. The lowest BCUT2D eigenvalue weighted by atomic mass is 10.2. The molecule has 2 rings (SSSR count). The number of hydrogen-bond acceptors (Lipinski definition) is 6. The number of rotatable bonds is 7. The Morgan fingerprint density at radius 2 is 2.04 bits per heavy atom. The second-order valence-corrected chi connectivity index (χ2v) is 6.72. The zero-order valence-corrected chi connectivity index (χ0v) is 17.7. The van der Waals surface area contributed by atoms with E-state index in [2.05, 4.69) is 33.1 Å². The molecule has 2 aromatic carbocycles. The predicted octanol–water partition coefficient (Wildman–Crippen LogP) is 3.08. The molecule has 2 aromatic rings. The Labute approximate surface area is 176 Å². The van der Waals surface area contributed by atoms with Crippen molar-refractivity contribution in [3.63, 3.8) is 0 Å². The van der Waals surface area contributed by atoms with Crippen LogP contribution in [0.4, 0.5) is 0 Å². The molecule has 0 unspecified atom stereocenters. The molecule has 0 heterocycles. The molecule has 142 valence electrons. The number of hydrazone groups is 1. The van der Waals surface area contributed by atoms with E-state index < -0.39 is 5.97 Å². The second-order valence-electron chi connectivity index (χ2n) is 5.12. The number of esters is 1. The van der Waals surface area contributed by atoms with Crippen LogP contribution in [0.2, 0.25) is 0 Å². The summed E-state index contributed by atoms with van der Waals surface area (Å²) >= 11 is 6.77. The van der Waals surface area contributed by atoms with Gasteiger partial charge in [0.1, 0.15) is 5.75 Å². The van der Waals surface area contributed by atoms with E-state index in [1.165, 1.54) is 0 Å². The molecule has 0 spiro atoms. The van der Waals surface area contributed by atoms with Crippen molar-refractivity contribution >= 4 is 52.1 Å². The summed E-state index contributed by atoms with van der Waals surface area (Å²) in [6.45, 7) is 2.26. The maximum absolute atomic E-state index is 12.5. The molecule has 0 aromatic heterocycles. The summed E-state index contributed by atoms with van der Waals surface area (Å²) in [5, 5.41) is 3.98. The van der Waals surface area contributed by atoms with Crippen LogP contribution in [-0.2, 0) is 0 Å². The number of thiocarbonyl (C=S) groups is 1. The van der Waals surface area contributed by atoms with Gasteiger partial charge in [-0.15, -0.1) is 0 Å². The Morgan fingerprint density at radius 1 is 1.33 bits per heavy atom. The van der Waals surface area contributed by atoms with Gasteiger partial charge in [-0.2, -0.15) is 5.10 Å². The molecular formula is C18H18IN3O4S. The Kier molecular flexibility index (Phi) is 7.80. The van der Waals surface area contributed by atoms with Crippen LogP contribution < -0.4 is 25.4 Å². The lowest BCUT2D eigenvalue weighted by Crippen LogP contribution is -2.24. The SMILES string of the molecule is CCOc1cc(C=NNC(N)=S)cc(I)c1OC(=O)c1ccc(OC)cc1. The van der Waals surface area contributed by atoms with Gasteiger partial charge in [0.25, 0.3) is 0 Å². The van der Waals surface area contributed by atoms with E-state index in [-0.39, 0.29) is 5.11 Å². The minimum Gasteiger partial charge on any atom is -0.497 e. The first kappa shape index (κ1) is 20.9. The van der Waals surface area contributed by atoms with E-state index in [0.29, 0.717) is 33.0 Å². The largest absolute Gasteiger partial charge is 0.497 e. The average molecular weight is 499 g/mol. The third-order valence-corrected chi connectivity index (χ3v) is 4.13. The van der Waals surface area contributed by atoms with E-state index in [1.54, 1.807) is 49.7 Å².